The molecule has 2 N–H and O–H groups in total. The van der Waals surface area contributed by atoms with Crippen molar-refractivity contribution in [2.45, 2.75) is 18.7 Å². The van der Waals surface area contributed by atoms with Gasteiger partial charge in [-0.3, -0.25) is 0 Å². The average Bonchev–Trinajstić information content (AvgIpc) is 2.85. The van der Waals surface area contributed by atoms with Crippen LogP contribution < -0.4 is 5.69 Å². The molecule has 1 aromatic heterocycles. The van der Waals surface area contributed by atoms with Crippen LogP contribution in [0.25, 0.3) is 11.0 Å². The number of benzene rings is 2. The molecule has 3 aromatic rings. The lowest BCUT2D eigenvalue weighted by Gasteiger charge is -2.13. The molecule has 108 valence electrons. The third-order valence-corrected chi connectivity index (χ3v) is 4.76. The van der Waals surface area contributed by atoms with Gasteiger partial charge in [0.25, 0.3) is 0 Å². The van der Waals surface area contributed by atoms with E-state index < -0.39 is 0 Å². The number of rotatable bonds is 3. The van der Waals surface area contributed by atoms with Gasteiger partial charge in [-0.25, -0.2) is 4.79 Å². The van der Waals surface area contributed by atoms with Gasteiger partial charge in [-0.2, -0.15) is 0 Å². The van der Waals surface area contributed by atoms with E-state index >= 15 is 0 Å². The number of aromatic nitrogens is 2. The molecule has 21 heavy (non-hydrogen) atoms. The highest BCUT2D eigenvalue weighted by atomic mass is 79.9. The Hall–Kier alpha value is -1.52. The molecule has 0 saturated heterocycles. The molecule has 3 nitrogen and oxygen atoms in total. The largest absolute Gasteiger partial charge is 0.323 e. The second-order valence-corrected chi connectivity index (χ2v) is 6.25. The SMILES string of the molecule is CCc1ccc(C(Cl)c2cc3[nH]c(=O)[nH]c3cc2Br)cc1. The van der Waals surface area contributed by atoms with E-state index in [4.69, 9.17) is 11.6 Å². The van der Waals surface area contributed by atoms with Gasteiger partial charge < -0.3 is 9.97 Å². The van der Waals surface area contributed by atoms with Crippen LogP contribution in [0, 0.1) is 0 Å². The second kappa shape index (κ2) is 5.70. The Bertz CT molecular complexity index is 836. The maximum absolute atomic E-state index is 11.4. The van der Waals surface area contributed by atoms with Crippen molar-refractivity contribution in [1.82, 2.24) is 9.97 Å². The van der Waals surface area contributed by atoms with E-state index in [1.807, 2.05) is 24.3 Å². The van der Waals surface area contributed by atoms with Gasteiger partial charge >= 0.3 is 5.69 Å². The first-order valence-electron chi connectivity index (χ1n) is 6.73. The fourth-order valence-corrected chi connectivity index (χ4v) is 3.40. The Balaban J connectivity index is 2.04. The van der Waals surface area contributed by atoms with Gasteiger partial charge in [0.2, 0.25) is 0 Å². The number of nitrogens with one attached hydrogen (secondary N) is 2. The standard InChI is InChI=1S/C16H14BrClN2O/c1-2-9-3-5-10(6-4-9)15(18)11-7-13-14(8-12(11)17)20-16(21)19-13/h3-8,15H,2H2,1H3,(H2,19,20,21). The fourth-order valence-electron chi connectivity index (χ4n) is 2.37. The minimum absolute atomic E-state index is 0.215. The van der Waals surface area contributed by atoms with E-state index in [2.05, 4.69) is 45.0 Å². The molecular formula is C16H14BrClN2O. The number of fused-ring (bicyclic) bond motifs is 1. The van der Waals surface area contributed by atoms with Gasteiger partial charge in [0, 0.05) is 4.47 Å². The quantitative estimate of drug-likeness (QED) is 0.659. The number of halogens is 2. The molecule has 3 rings (SSSR count). The van der Waals surface area contributed by atoms with E-state index in [9.17, 15) is 4.79 Å². The van der Waals surface area contributed by atoms with Gasteiger partial charge in [0.05, 0.1) is 16.4 Å². The molecule has 0 aliphatic heterocycles. The third-order valence-electron chi connectivity index (χ3n) is 3.59. The number of hydrogen-bond donors (Lipinski definition) is 2. The Morgan fingerprint density at radius 1 is 1.14 bits per heavy atom. The zero-order chi connectivity index (χ0) is 15.0. The molecule has 0 aliphatic rings. The molecular weight excluding hydrogens is 352 g/mol. The summed E-state index contributed by atoms with van der Waals surface area (Å²) in [6, 6.07) is 12.1. The lowest BCUT2D eigenvalue weighted by molar-refractivity contribution is 1.10. The summed E-state index contributed by atoms with van der Waals surface area (Å²) in [4.78, 5) is 16.9. The van der Waals surface area contributed by atoms with Gasteiger partial charge in [0.15, 0.2) is 0 Å². The number of imidazole rings is 1. The predicted molar refractivity (Wildman–Crippen MR) is 90.1 cm³/mol. The zero-order valence-corrected chi connectivity index (χ0v) is 13.8. The van der Waals surface area contributed by atoms with Gasteiger partial charge in [-0.15, -0.1) is 11.6 Å². The highest BCUT2D eigenvalue weighted by Crippen LogP contribution is 2.35. The Labute approximate surface area is 135 Å². The maximum Gasteiger partial charge on any atom is 0.323 e. The van der Waals surface area contributed by atoms with Crippen molar-refractivity contribution >= 4 is 38.6 Å². The van der Waals surface area contributed by atoms with E-state index in [0.29, 0.717) is 0 Å². The van der Waals surface area contributed by atoms with Crippen molar-refractivity contribution in [3.63, 3.8) is 0 Å². The average molecular weight is 366 g/mol. The van der Waals surface area contributed by atoms with Crippen LogP contribution in [0.3, 0.4) is 0 Å². The van der Waals surface area contributed by atoms with Crippen LogP contribution in [0.15, 0.2) is 45.7 Å². The van der Waals surface area contributed by atoms with Crippen LogP contribution in [0.2, 0.25) is 0 Å². The fraction of sp³-hybridized carbons (Fsp3) is 0.188. The van der Waals surface area contributed by atoms with Crippen molar-refractivity contribution < 1.29 is 0 Å². The Morgan fingerprint density at radius 2 is 1.76 bits per heavy atom. The van der Waals surface area contributed by atoms with Crippen molar-refractivity contribution in [1.29, 1.82) is 0 Å². The Morgan fingerprint density at radius 3 is 2.38 bits per heavy atom. The lowest BCUT2D eigenvalue weighted by atomic mass is 10.0. The summed E-state index contributed by atoms with van der Waals surface area (Å²) in [7, 11) is 0. The highest BCUT2D eigenvalue weighted by Gasteiger charge is 2.16. The molecule has 2 aromatic carbocycles. The third kappa shape index (κ3) is 2.78. The van der Waals surface area contributed by atoms with Crippen LogP contribution in [-0.4, -0.2) is 9.97 Å². The van der Waals surface area contributed by atoms with E-state index in [1.54, 1.807) is 0 Å². The normalized spacial score (nSPS) is 12.7. The number of aryl methyl sites for hydroxylation is 1. The topological polar surface area (TPSA) is 48.6 Å². The molecule has 0 spiro atoms. The molecule has 0 amide bonds. The molecule has 0 aliphatic carbocycles. The lowest BCUT2D eigenvalue weighted by Crippen LogP contribution is -1.99. The van der Waals surface area contributed by atoms with Crippen LogP contribution in [0.5, 0.6) is 0 Å². The minimum Gasteiger partial charge on any atom is -0.306 e. The minimum atomic E-state index is -0.270. The first kappa shape index (κ1) is 14.4. The van der Waals surface area contributed by atoms with Crippen LogP contribution in [0.4, 0.5) is 0 Å². The summed E-state index contributed by atoms with van der Waals surface area (Å²) in [5, 5.41) is -0.270. The zero-order valence-electron chi connectivity index (χ0n) is 11.4. The molecule has 0 radical (unpaired) electrons. The molecule has 0 bridgehead atoms. The van der Waals surface area contributed by atoms with Crippen LogP contribution in [-0.2, 0) is 6.42 Å². The number of hydrogen-bond acceptors (Lipinski definition) is 1. The van der Waals surface area contributed by atoms with Gasteiger partial charge in [-0.1, -0.05) is 47.1 Å². The Kier molecular flexibility index (Phi) is 3.91. The van der Waals surface area contributed by atoms with Crippen molar-refractivity contribution in [2.75, 3.05) is 0 Å². The number of alkyl halides is 1. The van der Waals surface area contributed by atoms with Crippen molar-refractivity contribution in [3.8, 4) is 0 Å². The summed E-state index contributed by atoms with van der Waals surface area (Å²) >= 11 is 10.1. The summed E-state index contributed by atoms with van der Waals surface area (Å²) in [6.07, 6.45) is 1.01. The maximum atomic E-state index is 11.4. The summed E-state index contributed by atoms with van der Waals surface area (Å²) in [5.41, 5.74) is 4.56. The van der Waals surface area contributed by atoms with Crippen LogP contribution >= 0.6 is 27.5 Å². The number of aromatic amines is 2. The predicted octanol–water partition coefficient (Wildman–Crippen LogP) is 4.51. The molecule has 1 atom stereocenters. The smallest absolute Gasteiger partial charge is 0.306 e. The molecule has 5 heteroatoms. The summed E-state index contributed by atoms with van der Waals surface area (Å²) in [5.74, 6) is 0. The molecule has 0 saturated carbocycles. The highest BCUT2D eigenvalue weighted by molar-refractivity contribution is 9.10. The summed E-state index contributed by atoms with van der Waals surface area (Å²) < 4.78 is 0.879. The molecule has 1 unspecified atom stereocenters. The first-order valence-corrected chi connectivity index (χ1v) is 7.95. The van der Waals surface area contributed by atoms with E-state index in [-0.39, 0.29) is 11.1 Å². The number of H-pyrrole nitrogens is 2. The second-order valence-electron chi connectivity index (χ2n) is 4.96. The van der Waals surface area contributed by atoms with Crippen molar-refractivity contribution in [2.24, 2.45) is 0 Å². The van der Waals surface area contributed by atoms with Crippen molar-refractivity contribution in [3.05, 3.63) is 68.0 Å². The van der Waals surface area contributed by atoms with Gasteiger partial charge in [-0.05, 0) is 35.2 Å². The molecule has 0 fully saturated rings. The first-order chi connectivity index (χ1) is 10.1. The van der Waals surface area contributed by atoms with E-state index in [0.717, 1.165) is 33.1 Å². The summed E-state index contributed by atoms with van der Waals surface area (Å²) in [6.45, 7) is 2.12. The molecule has 1 heterocycles. The van der Waals surface area contributed by atoms with Gasteiger partial charge in [0.1, 0.15) is 0 Å². The monoisotopic (exact) mass is 364 g/mol. The van der Waals surface area contributed by atoms with Crippen LogP contribution in [0.1, 0.15) is 29.0 Å². The van der Waals surface area contributed by atoms with E-state index in [1.165, 1.54) is 5.56 Å².